The summed E-state index contributed by atoms with van der Waals surface area (Å²) in [5.41, 5.74) is 1.54. The zero-order valence-corrected chi connectivity index (χ0v) is 13.4. The van der Waals surface area contributed by atoms with Crippen LogP contribution in [0.1, 0.15) is 62.5 Å². The van der Waals surface area contributed by atoms with Crippen molar-refractivity contribution in [1.29, 1.82) is 0 Å². The van der Waals surface area contributed by atoms with Crippen molar-refractivity contribution in [2.45, 2.75) is 52.5 Å². The number of hydrogen-bond acceptors (Lipinski definition) is 2. The molecule has 2 rings (SSSR count). The number of nitrogens with zero attached hydrogens (tertiary/aromatic N) is 2. The Morgan fingerprint density at radius 3 is 2.50 bits per heavy atom. The minimum atomic E-state index is 0.0902. The van der Waals surface area contributed by atoms with Gasteiger partial charge in [-0.15, -0.1) is 0 Å². The number of hydrogen-bond donors (Lipinski definition) is 0. The smallest absolute Gasteiger partial charge is 0.254 e. The van der Waals surface area contributed by atoms with Gasteiger partial charge in [0.2, 0.25) is 0 Å². The number of rotatable bonds is 5. The number of halogens is 1. The molecule has 1 aliphatic rings. The summed E-state index contributed by atoms with van der Waals surface area (Å²) < 4.78 is 0. The maximum atomic E-state index is 12.7. The van der Waals surface area contributed by atoms with Gasteiger partial charge in [-0.3, -0.25) is 4.79 Å². The van der Waals surface area contributed by atoms with Crippen LogP contribution in [0.15, 0.2) is 12.1 Å². The minimum absolute atomic E-state index is 0.0902. The van der Waals surface area contributed by atoms with Crippen molar-refractivity contribution >= 4 is 17.5 Å². The fraction of sp³-hybridized carbons (Fsp3) is 0.625. The van der Waals surface area contributed by atoms with Crippen LogP contribution in [0, 0.1) is 5.92 Å². The lowest BCUT2D eigenvalue weighted by atomic mass is 10.1. The van der Waals surface area contributed by atoms with E-state index in [0.717, 1.165) is 25.1 Å². The highest BCUT2D eigenvalue weighted by atomic mass is 35.5. The Labute approximate surface area is 126 Å². The fourth-order valence-electron chi connectivity index (χ4n) is 2.28. The second-order valence-electron chi connectivity index (χ2n) is 6.34. The van der Waals surface area contributed by atoms with Crippen molar-refractivity contribution in [2.75, 3.05) is 6.54 Å². The van der Waals surface area contributed by atoms with Crippen molar-refractivity contribution in [3.8, 4) is 0 Å². The molecule has 0 atom stereocenters. The maximum absolute atomic E-state index is 12.7. The van der Waals surface area contributed by atoms with Gasteiger partial charge < -0.3 is 4.90 Å². The van der Waals surface area contributed by atoms with Gasteiger partial charge in [-0.25, -0.2) is 4.98 Å². The van der Waals surface area contributed by atoms with Crippen LogP contribution in [0.4, 0.5) is 0 Å². The second-order valence-corrected chi connectivity index (χ2v) is 6.73. The topological polar surface area (TPSA) is 33.2 Å². The fourth-order valence-corrected chi connectivity index (χ4v) is 2.49. The van der Waals surface area contributed by atoms with Crippen molar-refractivity contribution < 1.29 is 4.79 Å². The standard InChI is InChI=1S/C16H23ClN2O/c1-10(2)9-19(13-5-6-13)16(20)12-7-14(11(3)4)18-15(17)8-12/h7-8,10-11,13H,5-6,9H2,1-4H3. The molecule has 1 amide bonds. The first kappa shape index (κ1) is 15.3. The highest BCUT2D eigenvalue weighted by Gasteiger charge is 2.33. The van der Waals surface area contributed by atoms with Gasteiger partial charge in [0.15, 0.2) is 0 Å². The first-order valence-corrected chi connectivity index (χ1v) is 7.74. The van der Waals surface area contributed by atoms with E-state index in [0.29, 0.717) is 22.7 Å². The van der Waals surface area contributed by atoms with Gasteiger partial charge in [0.05, 0.1) is 0 Å². The normalized spacial score (nSPS) is 14.9. The first-order chi connectivity index (χ1) is 9.38. The monoisotopic (exact) mass is 294 g/mol. The first-order valence-electron chi connectivity index (χ1n) is 7.37. The molecule has 3 nitrogen and oxygen atoms in total. The largest absolute Gasteiger partial charge is 0.335 e. The van der Waals surface area contributed by atoms with Crippen LogP contribution in [0.3, 0.4) is 0 Å². The Kier molecular flexibility index (Phi) is 4.69. The van der Waals surface area contributed by atoms with E-state index in [1.54, 1.807) is 6.07 Å². The third-order valence-corrected chi connectivity index (χ3v) is 3.66. The summed E-state index contributed by atoms with van der Waals surface area (Å²) in [6, 6.07) is 3.99. The summed E-state index contributed by atoms with van der Waals surface area (Å²) in [7, 11) is 0. The molecule has 110 valence electrons. The Hall–Kier alpha value is -1.09. The highest BCUT2D eigenvalue weighted by Crippen LogP contribution is 2.30. The summed E-state index contributed by atoms with van der Waals surface area (Å²) in [5.74, 6) is 0.827. The molecular formula is C16H23ClN2O. The van der Waals surface area contributed by atoms with Crippen LogP contribution >= 0.6 is 11.6 Å². The number of aromatic nitrogens is 1. The predicted molar refractivity (Wildman–Crippen MR) is 82.2 cm³/mol. The lowest BCUT2D eigenvalue weighted by Crippen LogP contribution is -2.36. The van der Waals surface area contributed by atoms with Crippen molar-refractivity contribution in [2.24, 2.45) is 5.92 Å². The summed E-state index contributed by atoms with van der Waals surface area (Å²) in [4.78, 5) is 19.0. The lowest BCUT2D eigenvalue weighted by Gasteiger charge is -2.25. The molecule has 1 saturated carbocycles. The van der Waals surface area contributed by atoms with E-state index >= 15 is 0 Å². The molecule has 1 fully saturated rings. The molecule has 0 saturated heterocycles. The van der Waals surface area contributed by atoms with Gasteiger partial charge in [-0.1, -0.05) is 39.3 Å². The summed E-state index contributed by atoms with van der Waals surface area (Å²) in [6.45, 7) is 9.20. The van der Waals surface area contributed by atoms with E-state index in [9.17, 15) is 4.79 Å². The van der Waals surface area contributed by atoms with Crippen molar-refractivity contribution in [1.82, 2.24) is 9.88 Å². The molecule has 0 unspecified atom stereocenters. The number of carbonyl (C=O) groups is 1. The molecule has 4 heteroatoms. The minimum Gasteiger partial charge on any atom is -0.335 e. The van der Waals surface area contributed by atoms with E-state index in [-0.39, 0.29) is 11.8 Å². The van der Waals surface area contributed by atoms with Crippen molar-refractivity contribution in [3.05, 3.63) is 28.5 Å². The van der Waals surface area contributed by atoms with Gasteiger partial charge >= 0.3 is 0 Å². The average Bonchev–Trinajstić information content (AvgIpc) is 3.18. The Morgan fingerprint density at radius 2 is 2.00 bits per heavy atom. The van der Waals surface area contributed by atoms with Crippen LogP contribution in [0.2, 0.25) is 5.15 Å². The molecule has 1 heterocycles. The maximum Gasteiger partial charge on any atom is 0.254 e. The Balaban J connectivity index is 2.26. The van der Waals surface area contributed by atoms with E-state index in [2.05, 4.69) is 32.7 Å². The average molecular weight is 295 g/mol. The Bertz CT molecular complexity index is 495. The third-order valence-electron chi connectivity index (χ3n) is 3.46. The lowest BCUT2D eigenvalue weighted by molar-refractivity contribution is 0.0722. The SMILES string of the molecule is CC(C)CN(C(=O)c1cc(Cl)nc(C(C)C)c1)C1CC1. The van der Waals surface area contributed by atoms with Crippen LogP contribution in [-0.2, 0) is 0 Å². The zero-order valence-electron chi connectivity index (χ0n) is 12.7. The third kappa shape index (κ3) is 3.72. The van der Waals surface area contributed by atoms with Gasteiger partial charge in [-0.2, -0.15) is 0 Å². The number of pyridine rings is 1. The summed E-state index contributed by atoms with van der Waals surface area (Å²) in [6.07, 6.45) is 2.24. The van der Waals surface area contributed by atoms with Crippen LogP contribution in [-0.4, -0.2) is 28.4 Å². The van der Waals surface area contributed by atoms with Gasteiger partial charge in [0.1, 0.15) is 5.15 Å². The summed E-state index contributed by atoms with van der Waals surface area (Å²) >= 11 is 6.06. The highest BCUT2D eigenvalue weighted by molar-refractivity contribution is 6.29. The molecular weight excluding hydrogens is 272 g/mol. The Morgan fingerprint density at radius 1 is 1.35 bits per heavy atom. The summed E-state index contributed by atoms with van der Waals surface area (Å²) in [5, 5.41) is 0.403. The molecule has 0 bridgehead atoms. The van der Waals surface area contributed by atoms with E-state index in [1.165, 1.54) is 0 Å². The van der Waals surface area contributed by atoms with Crippen LogP contribution < -0.4 is 0 Å². The number of carbonyl (C=O) groups excluding carboxylic acids is 1. The molecule has 1 aromatic rings. The van der Waals surface area contributed by atoms with Crippen LogP contribution in [0.5, 0.6) is 0 Å². The van der Waals surface area contributed by atoms with Crippen molar-refractivity contribution in [3.63, 3.8) is 0 Å². The van der Waals surface area contributed by atoms with Gasteiger partial charge in [0.25, 0.3) is 5.91 Å². The van der Waals surface area contributed by atoms with E-state index < -0.39 is 0 Å². The van der Waals surface area contributed by atoms with E-state index in [4.69, 9.17) is 11.6 Å². The van der Waals surface area contributed by atoms with Crippen LogP contribution in [0.25, 0.3) is 0 Å². The predicted octanol–water partition coefficient (Wildman–Crippen LogP) is 4.12. The van der Waals surface area contributed by atoms with Gasteiger partial charge in [-0.05, 0) is 36.8 Å². The molecule has 0 N–H and O–H groups in total. The molecule has 20 heavy (non-hydrogen) atoms. The van der Waals surface area contributed by atoms with Gasteiger partial charge in [0, 0.05) is 23.8 Å². The quantitative estimate of drug-likeness (QED) is 0.765. The molecule has 0 aromatic carbocycles. The number of amides is 1. The molecule has 0 radical (unpaired) electrons. The molecule has 0 spiro atoms. The molecule has 1 aromatic heterocycles. The van der Waals surface area contributed by atoms with E-state index in [1.807, 2.05) is 11.0 Å². The molecule has 1 aliphatic carbocycles. The molecule has 0 aliphatic heterocycles. The zero-order chi connectivity index (χ0) is 14.9. The second kappa shape index (κ2) is 6.13.